The van der Waals surface area contributed by atoms with Gasteiger partial charge in [-0.3, -0.25) is 9.78 Å². The lowest BCUT2D eigenvalue weighted by Gasteiger charge is -2.45. The number of hydrogen-bond donors (Lipinski definition) is 2. The van der Waals surface area contributed by atoms with Crippen LogP contribution in [0.4, 0.5) is 5.69 Å². The summed E-state index contributed by atoms with van der Waals surface area (Å²) in [5.74, 6) is -0.150. The number of amides is 1. The Kier molecular flexibility index (Phi) is 4.26. The summed E-state index contributed by atoms with van der Waals surface area (Å²) in [4.78, 5) is 15.8. The highest BCUT2D eigenvalue weighted by atomic mass is 16.1. The molecule has 0 radical (unpaired) electrons. The molecule has 4 nitrogen and oxygen atoms in total. The smallest absolute Gasteiger partial charge is 0.269 e. The van der Waals surface area contributed by atoms with Gasteiger partial charge in [0, 0.05) is 25.0 Å². The van der Waals surface area contributed by atoms with Crippen LogP contribution in [0.3, 0.4) is 0 Å². The Morgan fingerprint density at radius 2 is 1.86 bits per heavy atom. The van der Waals surface area contributed by atoms with Crippen molar-refractivity contribution in [1.82, 2.24) is 10.3 Å². The van der Waals surface area contributed by atoms with E-state index in [1.54, 1.807) is 13.2 Å². The topological polar surface area (TPSA) is 54.0 Å². The molecule has 1 aliphatic rings. The van der Waals surface area contributed by atoms with Gasteiger partial charge in [0.2, 0.25) is 0 Å². The minimum absolute atomic E-state index is 0.150. The molecular weight excluding hydrogens is 262 g/mol. The van der Waals surface area contributed by atoms with Crippen molar-refractivity contribution in [3.63, 3.8) is 0 Å². The summed E-state index contributed by atoms with van der Waals surface area (Å²) in [6.45, 7) is 9.35. The Balaban J connectivity index is 2.12. The molecule has 1 aliphatic carbocycles. The van der Waals surface area contributed by atoms with E-state index in [0.717, 1.165) is 18.5 Å². The van der Waals surface area contributed by atoms with Crippen molar-refractivity contribution in [3.8, 4) is 0 Å². The second kappa shape index (κ2) is 5.66. The summed E-state index contributed by atoms with van der Waals surface area (Å²) >= 11 is 0. The number of anilines is 1. The molecule has 0 atom stereocenters. The maximum absolute atomic E-state index is 11.7. The summed E-state index contributed by atoms with van der Waals surface area (Å²) in [6, 6.07) is 4.19. The molecular formula is C17H27N3O. The van der Waals surface area contributed by atoms with Crippen LogP contribution in [-0.4, -0.2) is 24.0 Å². The normalized spacial score (nSPS) is 20.8. The average Bonchev–Trinajstić information content (AvgIpc) is 2.34. The monoisotopic (exact) mass is 289 g/mol. The Labute approximate surface area is 127 Å². The maximum Gasteiger partial charge on any atom is 0.269 e. The number of nitrogens with zero attached hydrogens (tertiary/aromatic N) is 1. The molecule has 116 valence electrons. The van der Waals surface area contributed by atoms with Crippen molar-refractivity contribution in [2.24, 2.45) is 10.8 Å². The van der Waals surface area contributed by atoms with Gasteiger partial charge >= 0.3 is 0 Å². The number of rotatable bonds is 3. The molecule has 0 bridgehead atoms. The number of nitrogens with one attached hydrogen (secondary N) is 2. The molecule has 0 aromatic carbocycles. The predicted octanol–water partition coefficient (Wildman–Crippen LogP) is 3.46. The molecule has 4 heteroatoms. The summed E-state index contributed by atoms with van der Waals surface area (Å²) < 4.78 is 0. The summed E-state index contributed by atoms with van der Waals surface area (Å²) in [7, 11) is 1.62. The van der Waals surface area contributed by atoms with Crippen LogP contribution in [0, 0.1) is 10.8 Å². The highest BCUT2D eigenvalue weighted by Crippen LogP contribution is 2.46. The van der Waals surface area contributed by atoms with Gasteiger partial charge in [0.25, 0.3) is 5.91 Å². The first-order valence-electron chi connectivity index (χ1n) is 7.65. The van der Waals surface area contributed by atoms with E-state index in [0.29, 0.717) is 22.6 Å². The summed E-state index contributed by atoms with van der Waals surface area (Å²) in [6.07, 6.45) is 5.23. The standard InChI is InChI=1S/C17H27N3O/c1-16(2)9-13(10-17(3,4)11-16)20-12-6-7-19-14(8-12)15(21)18-5/h6-8,13H,9-11H2,1-5H3,(H,18,21)(H,19,20). The van der Waals surface area contributed by atoms with Gasteiger partial charge < -0.3 is 10.6 Å². The number of hydrogen-bond acceptors (Lipinski definition) is 3. The first-order chi connectivity index (χ1) is 9.71. The van der Waals surface area contributed by atoms with Gasteiger partial charge in [0.1, 0.15) is 5.69 Å². The van der Waals surface area contributed by atoms with Crippen LogP contribution in [0.2, 0.25) is 0 Å². The summed E-state index contributed by atoms with van der Waals surface area (Å²) in [5.41, 5.74) is 2.12. The van der Waals surface area contributed by atoms with Gasteiger partial charge in [0.05, 0.1) is 0 Å². The lowest BCUT2D eigenvalue weighted by atomic mass is 9.63. The first kappa shape index (κ1) is 15.8. The molecule has 0 aliphatic heterocycles. The lowest BCUT2D eigenvalue weighted by Crippen LogP contribution is -2.40. The molecule has 2 N–H and O–H groups in total. The van der Waals surface area contributed by atoms with Gasteiger partial charge in [-0.25, -0.2) is 0 Å². The van der Waals surface area contributed by atoms with Crippen molar-refractivity contribution < 1.29 is 4.79 Å². The van der Waals surface area contributed by atoms with E-state index in [2.05, 4.69) is 43.3 Å². The van der Waals surface area contributed by atoms with Gasteiger partial charge in [-0.15, -0.1) is 0 Å². The second-order valence-corrected chi connectivity index (χ2v) is 7.76. The molecule has 1 aromatic rings. The van der Waals surface area contributed by atoms with Crippen LogP contribution in [0.15, 0.2) is 18.3 Å². The second-order valence-electron chi connectivity index (χ2n) is 7.76. The molecule has 0 spiro atoms. The van der Waals surface area contributed by atoms with E-state index in [1.165, 1.54) is 6.42 Å². The number of carbonyl (C=O) groups is 1. The van der Waals surface area contributed by atoms with Crippen molar-refractivity contribution in [1.29, 1.82) is 0 Å². The van der Waals surface area contributed by atoms with E-state index >= 15 is 0 Å². The average molecular weight is 289 g/mol. The van der Waals surface area contributed by atoms with E-state index < -0.39 is 0 Å². The lowest BCUT2D eigenvalue weighted by molar-refractivity contribution is 0.0957. The van der Waals surface area contributed by atoms with Crippen LogP contribution < -0.4 is 10.6 Å². The zero-order valence-electron chi connectivity index (χ0n) is 13.8. The molecule has 21 heavy (non-hydrogen) atoms. The highest BCUT2D eigenvalue weighted by molar-refractivity contribution is 5.92. The van der Waals surface area contributed by atoms with Crippen molar-refractivity contribution >= 4 is 11.6 Å². The van der Waals surface area contributed by atoms with E-state index in [-0.39, 0.29) is 5.91 Å². The number of pyridine rings is 1. The predicted molar refractivity (Wildman–Crippen MR) is 86.5 cm³/mol. The van der Waals surface area contributed by atoms with Crippen LogP contribution >= 0.6 is 0 Å². The fraction of sp³-hybridized carbons (Fsp3) is 0.647. The Hall–Kier alpha value is -1.58. The first-order valence-corrected chi connectivity index (χ1v) is 7.65. The van der Waals surface area contributed by atoms with Crippen LogP contribution in [0.5, 0.6) is 0 Å². The largest absolute Gasteiger partial charge is 0.382 e. The quantitative estimate of drug-likeness (QED) is 0.896. The fourth-order valence-electron chi connectivity index (χ4n) is 3.96. The van der Waals surface area contributed by atoms with Crippen molar-refractivity contribution in [2.45, 2.75) is 53.0 Å². The van der Waals surface area contributed by atoms with E-state index in [4.69, 9.17) is 0 Å². The molecule has 1 amide bonds. The third kappa shape index (κ3) is 4.19. The molecule has 0 saturated heterocycles. The van der Waals surface area contributed by atoms with Gasteiger partial charge in [-0.1, -0.05) is 27.7 Å². The fourth-order valence-corrected chi connectivity index (χ4v) is 3.96. The minimum Gasteiger partial charge on any atom is -0.382 e. The molecule has 2 rings (SSSR count). The van der Waals surface area contributed by atoms with Crippen LogP contribution in [0.25, 0.3) is 0 Å². The zero-order chi connectivity index (χ0) is 15.7. The molecule has 1 heterocycles. The van der Waals surface area contributed by atoms with E-state index in [9.17, 15) is 4.79 Å². The maximum atomic E-state index is 11.7. The van der Waals surface area contributed by atoms with Gasteiger partial charge in [0.15, 0.2) is 0 Å². The highest BCUT2D eigenvalue weighted by Gasteiger charge is 2.38. The molecule has 0 unspecified atom stereocenters. The number of carbonyl (C=O) groups excluding carboxylic acids is 1. The van der Waals surface area contributed by atoms with Crippen LogP contribution in [-0.2, 0) is 0 Å². The molecule has 1 saturated carbocycles. The van der Waals surface area contributed by atoms with Gasteiger partial charge in [-0.2, -0.15) is 0 Å². The molecule has 1 fully saturated rings. The van der Waals surface area contributed by atoms with Crippen molar-refractivity contribution in [3.05, 3.63) is 24.0 Å². The van der Waals surface area contributed by atoms with Crippen LogP contribution in [0.1, 0.15) is 57.4 Å². The van der Waals surface area contributed by atoms with Gasteiger partial charge in [-0.05, 0) is 42.2 Å². The Morgan fingerprint density at radius 1 is 1.24 bits per heavy atom. The zero-order valence-corrected chi connectivity index (χ0v) is 13.8. The third-order valence-corrected chi connectivity index (χ3v) is 4.15. The SMILES string of the molecule is CNC(=O)c1cc(NC2CC(C)(C)CC(C)(C)C2)ccn1. The number of aromatic nitrogens is 1. The third-order valence-electron chi connectivity index (χ3n) is 4.15. The van der Waals surface area contributed by atoms with E-state index in [1.807, 2.05) is 12.1 Å². The Morgan fingerprint density at radius 3 is 2.43 bits per heavy atom. The minimum atomic E-state index is -0.150. The Bertz CT molecular complexity index is 507. The summed E-state index contributed by atoms with van der Waals surface area (Å²) in [5, 5.41) is 6.20. The van der Waals surface area contributed by atoms with Crippen molar-refractivity contribution in [2.75, 3.05) is 12.4 Å². The molecule has 1 aromatic heterocycles.